The van der Waals surface area contributed by atoms with E-state index in [1.54, 1.807) is 39.5 Å². The lowest BCUT2D eigenvalue weighted by molar-refractivity contribution is -0.111. The van der Waals surface area contributed by atoms with E-state index in [2.05, 4.69) is 29.3 Å². The third kappa shape index (κ3) is 6.25. The van der Waals surface area contributed by atoms with Gasteiger partial charge in [0.25, 0.3) is 0 Å². The van der Waals surface area contributed by atoms with E-state index < -0.39 is 0 Å². The minimum atomic E-state index is -0.202. The molecule has 1 fully saturated rings. The molecule has 2 aromatic carbocycles. The lowest BCUT2D eigenvalue weighted by atomic mass is 9.99. The summed E-state index contributed by atoms with van der Waals surface area (Å²) in [5, 5.41) is 2.90. The zero-order valence-electron chi connectivity index (χ0n) is 18.8. The molecule has 1 saturated heterocycles. The Bertz CT molecular complexity index is 875. The Morgan fingerprint density at radius 1 is 1.03 bits per heavy atom. The van der Waals surface area contributed by atoms with E-state index in [0.717, 1.165) is 36.8 Å². The second-order valence-electron chi connectivity index (χ2n) is 7.94. The van der Waals surface area contributed by atoms with Gasteiger partial charge in [-0.25, -0.2) is 0 Å². The quantitative estimate of drug-likeness (QED) is 0.628. The van der Waals surface area contributed by atoms with Gasteiger partial charge in [-0.3, -0.25) is 9.69 Å². The molecule has 2 aromatic rings. The van der Waals surface area contributed by atoms with Crippen LogP contribution in [-0.2, 0) is 11.3 Å². The second-order valence-corrected chi connectivity index (χ2v) is 7.94. The van der Waals surface area contributed by atoms with Gasteiger partial charge in [-0.05, 0) is 73.3 Å². The monoisotopic (exact) mass is 424 g/mol. The molecular weight excluding hydrogens is 392 g/mol. The number of hydrogen-bond donors (Lipinski definition) is 1. The predicted molar refractivity (Wildman–Crippen MR) is 124 cm³/mol. The summed E-state index contributed by atoms with van der Waals surface area (Å²) < 4.78 is 16.0. The molecule has 6 nitrogen and oxygen atoms in total. The number of nitrogens with one attached hydrogen (secondary N) is 1. The van der Waals surface area contributed by atoms with Gasteiger partial charge in [-0.15, -0.1) is 0 Å². The highest BCUT2D eigenvalue weighted by Crippen LogP contribution is 2.38. The molecule has 0 bridgehead atoms. The number of rotatable bonds is 8. The maximum atomic E-state index is 12.4. The predicted octanol–water partition coefficient (Wildman–Crippen LogP) is 4.60. The summed E-state index contributed by atoms with van der Waals surface area (Å²) in [5.74, 6) is 2.24. The maximum absolute atomic E-state index is 12.4. The van der Waals surface area contributed by atoms with Crippen LogP contribution >= 0.6 is 0 Å². The number of nitrogens with zero attached hydrogens (tertiary/aromatic N) is 1. The number of ether oxygens (including phenoxy) is 3. The number of amides is 1. The number of benzene rings is 2. The highest BCUT2D eigenvalue weighted by molar-refractivity contribution is 6.02. The Morgan fingerprint density at radius 2 is 1.65 bits per heavy atom. The van der Waals surface area contributed by atoms with Gasteiger partial charge >= 0.3 is 0 Å². The molecule has 0 spiro atoms. The zero-order chi connectivity index (χ0) is 22.2. The molecular formula is C25H32N2O4. The van der Waals surface area contributed by atoms with Crippen LogP contribution in [0, 0.1) is 5.92 Å². The molecule has 0 saturated carbocycles. The van der Waals surface area contributed by atoms with E-state index >= 15 is 0 Å². The summed E-state index contributed by atoms with van der Waals surface area (Å²) in [6.45, 7) is 5.60. The summed E-state index contributed by atoms with van der Waals surface area (Å²) in [6.07, 6.45) is 5.74. The van der Waals surface area contributed by atoms with Crippen LogP contribution in [0.15, 0.2) is 42.5 Å². The van der Waals surface area contributed by atoms with Crippen LogP contribution in [0.3, 0.4) is 0 Å². The number of piperidine rings is 1. The lowest BCUT2D eigenvalue weighted by Gasteiger charge is -2.30. The number of anilines is 1. The van der Waals surface area contributed by atoms with Crippen molar-refractivity contribution in [3.8, 4) is 17.2 Å². The number of methoxy groups -OCH3 is 3. The van der Waals surface area contributed by atoms with Crippen molar-refractivity contribution in [1.82, 2.24) is 4.90 Å². The molecule has 3 rings (SSSR count). The number of carbonyl (C=O) groups is 1. The molecule has 1 heterocycles. The molecule has 166 valence electrons. The number of likely N-dealkylation sites (tertiary alicyclic amines) is 1. The SMILES string of the molecule is COc1cc(/C=C/C(=O)Nc2ccc(CN3CCC(C)CC3)cc2)cc(OC)c1OC. The minimum absolute atomic E-state index is 0.202. The third-order valence-corrected chi connectivity index (χ3v) is 5.62. The van der Waals surface area contributed by atoms with Crippen molar-refractivity contribution in [2.24, 2.45) is 5.92 Å². The van der Waals surface area contributed by atoms with Crippen molar-refractivity contribution < 1.29 is 19.0 Å². The van der Waals surface area contributed by atoms with E-state index in [4.69, 9.17) is 14.2 Å². The van der Waals surface area contributed by atoms with E-state index in [0.29, 0.717) is 17.2 Å². The maximum Gasteiger partial charge on any atom is 0.248 e. The Hall–Kier alpha value is -2.99. The molecule has 1 aliphatic rings. The topological polar surface area (TPSA) is 60.0 Å². The van der Waals surface area contributed by atoms with Gasteiger partial charge < -0.3 is 19.5 Å². The van der Waals surface area contributed by atoms with E-state index in [-0.39, 0.29) is 5.91 Å². The van der Waals surface area contributed by atoms with Crippen molar-refractivity contribution in [2.45, 2.75) is 26.3 Å². The largest absolute Gasteiger partial charge is 0.493 e. The van der Waals surface area contributed by atoms with Crippen molar-refractivity contribution >= 4 is 17.7 Å². The van der Waals surface area contributed by atoms with E-state index in [9.17, 15) is 4.79 Å². The average molecular weight is 425 g/mol. The average Bonchev–Trinajstić information content (AvgIpc) is 2.79. The van der Waals surface area contributed by atoms with Gasteiger partial charge in [0.15, 0.2) is 11.5 Å². The first-order chi connectivity index (χ1) is 15.0. The third-order valence-electron chi connectivity index (χ3n) is 5.62. The fourth-order valence-electron chi connectivity index (χ4n) is 3.73. The molecule has 0 atom stereocenters. The zero-order valence-corrected chi connectivity index (χ0v) is 18.8. The van der Waals surface area contributed by atoms with Crippen LogP contribution < -0.4 is 19.5 Å². The van der Waals surface area contributed by atoms with Crippen LogP contribution in [0.2, 0.25) is 0 Å². The number of hydrogen-bond acceptors (Lipinski definition) is 5. The van der Waals surface area contributed by atoms with E-state index in [1.807, 2.05) is 12.1 Å². The summed E-state index contributed by atoms with van der Waals surface area (Å²) in [5.41, 5.74) is 2.81. The Balaban J connectivity index is 1.58. The Labute approximate surface area is 184 Å². The summed E-state index contributed by atoms with van der Waals surface area (Å²) >= 11 is 0. The molecule has 31 heavy (non-hydrogen) atoms. The van der Waals surface area contributed by atoms with Gasteiger partial charge in [0, 0.05) is 18.3 Å². The Morgan fingerprint density at radius 3 is 2.19 bits per heavy atom. The highest BCUT2D eigenvalue weighted by Gasteiger charge is 2.15. The summed E-state index contributed by atoms with van der Waals surface area (Å²) in [7, 11) is 4.68. The smallest absolute Gasteiger partial charge is 0.248 e. The fraction of sp³-hybridized carbons (Fsp3) is 0.400. The van der Waals surface area contributed by atoms with Gasteiger partial charge in [0.1, 0.15) is 0 Å². The van der Waals surface area contributed by atoms with Gasteiger partial charge in [-0.2, -0.15) is 0 Å². The Kier molecular flexibility index (Phi) is 7.95. The van der Waals surface area contributed by atoms with Crippen LogP contribution in [0.5, 0.6) is 17.2 Å². The molecule has 0 aliphatic carbocycles. The molecule has 1 amide bonds. The summed E-state index contributed by atoms with van der Waals surface area (Å²) in [6, 6.07) is 11.6. The van der Waals surface area contributed by atoms with Crippen molar-refractivity contribution in [3.05, 3.63) is 53.6 Å². The molecule has 1 aliphatic heterocycles. The summed E-state index contributed by atoms with van der Waals surface area (Å²) in [4.78, 5) is 14.9. The molecule has 0 radical (unpaired) electrons. The standard InChI is InChI=1S/C25H32N2O4/c1-18-11-13-27(14-12-18)17-19-5-8-21(9-6-19)26-24(28)10-7-20-15-22(29-2)25(31-4)23(16-20)30-3/h5-10,15-16,18H,11-14,17H2,1-4H3,(H,26,28)/b10-7+. The second kappa shape index (κ2) is 10.9. The van der Waals surface area contributed by atoms with Crippen molar-refractivity contribution in [1.29, 1.82) is 0 Å². The van der Waals surface area contributed by atoms with E-state index in [1.165, 1.54) is 24.5 Å². The molecule has 1 N–H and O–H groups in total. The van der Waals surface area contributed by atoms with Gasteiger partial charge in [0.2, 0.25) is 11.7 Å². The fourth-order valence-corrected chi connectivity index (χ4v) is 3.73. The molecule has 6 heteroatoms. The minimum Gasteiger partial charge on any atom is -0.493 e. The van der Waals surface area contributed by atoms with Crippen molar-refractivity contribution in [3.63, 3.8) is 0 Å². The number of carbonyl (C=O) groups excluding carboxylic acids is 1. The lowest BCUT2D eigenvalue weighted by Crippen LogP contribution is -2.32. The first-order valence-corrected chi connectivity index (χ1v) is 10.6. The van der Waals surface area contributed by atoms with Crippen LogP contribution in [0.4, 0.5) is 5.69 Å². The first kappa shape index (κ1) is 22.7. The van der Waals surface area contributed by atoms with Crippen LogP contribution in [0.1, 0.15) is 30.9 Å². The van der Waals surface area contributed by atoms with Gasteiger partial charge in [-0.1, -0.05) is 19.1 Å². The van der Waals surface area contributed by atoms with Crippen molar-refractivity contribution in [2.75, 3.05) is 39.7 Å². The molecule has 0 aromatic heterocycles. The first-order valence-electron chi connectivity index (χ1n) is 10.6. The molecule has 0 unspecified atom stereocenters. The van der Waals surface area contributed by atoms with Gasteiger partial charge in [0.05, 0.1) is 21.3 Å². The normalized spacial score (nSPS) is 15.1. The van der Waals surface area contributed by atoms with Crippen LogP contribution in [-0.4, -0.2) is 45.2 Å². The highest BCUT2D eigenvalue weighted by atomic mass is 16.5. The van der Waals surface area contributed by atoms with Crippen LogP contribution in [0.25, 0.3) is 6.08 Å².